The fraction of sp³-hybridized carbons (Fsp3) is 0.125. The molecule has 0 bridgehead atoms. The average molecular weight is 151 g/mol. The minimum Gasteiger partial charge on any atom is -0.463 e. The Morgan fingerprint density at radius 1 is 1.36 bits per heavy atom. The summed E-state index contributed by atoms with van der Waals surface area (Å²) in [5, 5.41) is 0. The second-order valence-electron chi connectivity index (χ2n) is 2.15. The minimum atomic E-state index is 0.309. The van der Waals surface area contributed by atoms with Gasteiger partial charge in [-0.1, -0.05) is 12.1 Å². The van der Waals surface area contributed by atoms with E-state index in [0.717, 1.165) is 5.56 Å². The number of ether oxygens (including phenoxy) is 1. The van der Waals surface area contributed by atoms with Gasteiger partial charge in [0.25, 0.3) is 6.47 Å². The fourth-order valence-electron chi connectivity index (χ4n) is 0.744. The summed E-state index contributed by atoms with van der Waals surface area (Å²) in [6.45, 7) is 0.736. The van der Waals surface area contributed by atoms with Gasteiger partial charge >= 0.3 is 0 Å². The van der Waals surface area contributed by atoms with Crippen molar-refractivity contribution >= 4 is 12.2 Å². The molecule has 0 aromatic heterocycles. The van der Waals surface area contributed by atoms with Crippen LogP contribution in [0.3, 0.4) is 0 Å². The Hall–Kier alpha value is -1.51. The molecule has 2 N–H and O–H groups in total. The Morgan fingerprint density at radius 2 is 2.00 bits per heavy atom. The molecule has 0 aliphatic rings. The van der Waals surface area contributed by atoms with Gasteiger partial charge in [0.1, 0.15) is 6.61 Å². The standard InChI is InChI=1S/C8H9NO2/c9-8-3-1-7(2-4-8)5-11-6-10/h1-4,6H,5,9H2. The first-order valence-electron chi connectivity index (χ1n) is 3.22. The molecule has 0 atom stereocenters. The summed E-state index contributed by atoms with van der Waals surface area (Å²) < 4.78 is 4.54. The molecule has 0 heterocycles. The Morgan fingerprint density at radius 3 is 2.55 bits per heavy atom. The zero-order chi connectivity index (χ0) is 8.10. The zero-order valence-corrected chi connectivity index (χ0v) is 5.99. The van der Waals surface area contributed by atoms with Crippen molar-refractivity contribution in [3.63, 3.8) is 0 Å². The molecule has 0 unspecified atom stereocenters. The predicted molar refractivity (Wildman–Crippen MR) is 41.7 cm³/mol. The van der Waals surface area contributed by atoms with Crippen molar-refractivity contribution in [3.8, 4) is 0 Å². The van der Waals surface area contributed by atoms with E-state index >= 15 is 0 Å². The highest BCUT2D eigenvalue weighted by Crippen LogP contribution is 2.05. The van der Waals surface area contributed by atoms with E-state index in [1.807, 2.05) is 12.1 Å². The summed E-state index contributed by atoms with van der Waals surface area (Å²) in [6, 6.07) is 7.17. The zero-order valence-electron chi connectivity index (χ0n) is 5.99. The molecular weight excluding hydrogens is 142 g/mol. The van der Waals surface area contributed by atoms with Gasteiger partial charge in [-0.2, -0.15) is 0 Å². The van der Waals surface area contributed by atoms with Gasteiger partial charge in [-0.05, 0) is 17.7 Å². The van der Waals surface area contributed by atoms with E-state index in [1.54, 1.807) is 12.1 Å². The van der Waals surface area contributed by atoms with Gasteiger partial charge in [-0.25, -0.2) is 0 Å². The second-order valence-corrected chi connectivity index (χ2v) is 2.15. The molecule has 0 aliphatic carbocycles. The summed E-state index contributed by atoms with van der Waals surface area (Å²) >= 11 is 0. The van der Waals surface area contributed by atoms with Crippen LogP contribution in [0.2, 0.25) is 0 Å². The third kappa shape index (κ3) is 2.29. The maximum absolute atomic E-state index is 9.80. The lowest BCUT2D eigenvalue weighted by molar-refractivity contribution is -0.129. The van der Waals surface area contributed by atoms with Crippen molar-refractivity contribution in [2.75, 3.05) is 5.73 Å². The van der Waals surface area contributed by atoms with Crippen molar-refractivity contribution < 1.29 is 9.53 Å². The number of nitrogen functional groups attached to an aromatic ring is 1. The van der Waals surface area contributed by atoms with Gasteiger partial charge < -0.3 is 10.5 Å². The average Bonchev–Trinajstić information content (AvgIpc) is 2.04. The summed E-state index contributed by atoms with van der Waals surface area (Å²) in [7, 11) is 0. The number of hydrogen-bond donors (Lipinski definition) is 1. The number of nitrogens with two attached hydrogens (primary N) is 1. The van der Waals surface area contributed by atoms with Gasteiger partial charge in [0, 0.05) is 5.69 Å². The molecule has 3 heteroatoms. The summed E-state index contributed by atoms with van der Waals surface area (Å²) in [5.74, 6) is 0. The second kappa shape index (κ2) is 3.61. The number of hydrogen-bond acceptors (Lipinski definition) is 3. The summed E-state index contributed by atoms with van der Waals surface area (Å²) in [5.41, 5.74) is 7.09. The highest BCUT2D eigenvalue weighted by Gasteiger charge is 1.90. The number of benzene rings is 1. The highest BCUT2D eigenvalue weighted by molar-refractivity contribution is 5.40. The van der Waals surface area contributed by atoms with Crippen molar-refractivity contribution in [2.24, 2.45) is 0 Å². The first-order chi connectivity index (χ1) is 5.33. The molecule has 0 aliphatic heterocycles. The molecule has 3 nitrogen and oxygen atoms in total. The van der Waals surface area contributed by atoms with Crippen molar-refractivity contribution in [1.29, 1.82) is 0 Å². The summed E-state index contributed by atoms with van der Waals surface area (Å²) in [4.78, 5) is 9.80. The normalized spacial score (nSPS) is 9.09. The quantitative estimate of drug-likeness (QED) is 0.516. The topological polar surface area (TPSA) is 52.3 Å². The van der Waals surface area contributed by atoms with E-state index in [0.29, 0.717) is 18.8 Å². The van der Waals surface area contributed by atoms with E-state index in [9.17, 15) is 4.79 Å². The Kier molecular flexibility index (Phi) is 2.49. The molecule has 0 saturated heterocycles. The van der Waals surface area contributed by atoms with E-state index in [2.05, 4.69) is 4.74 Å². The number of carbonyl (C=O) groups is 1. The molecule has 58 valence electrons. The van der Waals surface area contributed by atoms with Crippen LogP contribution in [0, 0.1) is 0 Å². The van der Waals surface area contributed by atoms with E-state index in [-0.39, 0.29) is 0 Å². The Labute approximate surface area is 64.8 Å². The molecule has 0 radical (unpaired) electrons. The summed E-state index contributed by atoms with van der Waals surface area (Å²) in [6.07, 6.45) is 0. The molecule has 0 saturated carbocycles. The van der Waals surface area contributed by atoms with E-state index in [4.69, 9.17) is 5.73 Å². The van der Waals surface area contributed by atoms with E-state index < -0.39 is 0 Å². The molecule has 11 heavy (non-hydrogen) atoms. The first-order valence-corrected chi connectivity index (χ1v) is 3.22. The van der Waals surface area contributed by atoms with Gasteiger partial charge in [0.05, 0.1) is 0 Å². The molecule has 1 aromatic rings. The molecule has 1 rings (SSSR count). The molecular formula is C8H9NO2. The highest BCUT2D eigenvalue weighted by atomic mass is 16.5. The van der Waals surface area contributed by atoms with Gasteiger partial charge in [-0.15, -0.1) is 0 Å². The van der Waals surface area contributed by atoms with Crippen LogP contribution in [0.15, 0.2) is 24.3 Å². The first kappa shape index (κ1) is 7.60. The number of rotatable bonds is 3. The smallest absolute Gasteiger partial charge is 0.293 e. The SMILES string of the molecule is Nc1ccc(COC=O)cc1. The molecule has 1 aromatic carbocycles. The largest absolute Gasteiger partial charge is 0.463 e. The lowest BCUT2D eigenvalue weighted by Gasteiger charge is -1.98. The van der Waals surface area contributed by atoms with Crippen LogP contribution in [0.1, 0.15) is 5.56 Å². The fourth-order valence-corrected chi connectivity index (χ4v) is 0.744. The number of carbonyl (C=O) groups excluding carboxylic acids is 1. The van der Waals surface area contributed by atoms with Crippen LogP contribution in [-0.4, -0.2) is 6.47 Å². The molecule has 0 spiro atoms. The monoisotopic (exact) mass is 151 g/mol. The Balaban J connectivity index is 2.58. The van der Waals surface area contributed by atoms with Crippen molar-refractivity contribution in [1.82, 2.24) is 0 Å². The van der Waals surface area contributed by atoms with Gasteiger partial charge in [-0.3, -0.25) is 4.79 Å². The third-order valence-electron chi connectivity index (χ3n) is 1.30. The predicted octanol–water partition coefficient (Wildman–Crippen LogP) is 0.942. The maximum Gasteiger partial charge on any atom is 0.293 e. The maximum atomic E-state index is 9.80. The van der Waals surface area contributed by atoms with Crippen LogP contribution < -0.4 is 5.73 Å². The van der Waals surface area contributed by atoms with Gasteiger partial charge in [0.2, 0.25) is 0 Å². The van der Waals surface area contributed by atoms with E-state index in [1.165, 1.54) is 0 Å². The van der Waals surface area contributed by atoms with Crippen LogP contribution in [0.5, 0.6) is 0 Å². The van der Waals surface area contributed by atoms with Crippen molar-refractivity contribution in [2.45, 2.75) is 6.61 Å². The molecule has 0 amide bonds. The van der Waals surface area contributed by atoms with Crippen LogP contribution in [-0.2, 0) is 16.1 Å². The van der Waals surface area contributed by atoms with Crippen LogP contribution in [0.25, 0.3) is 0 Å². The third-order valence-corrected chi connectivity index (χ3v) is 1.30. The van der Waals surface area contributed by atoms with Crippen LogP contribution in [0.4, 0.5) is 5.69 Å². The lowest BCUT2D eigenvalue weighted by Crippen LogP contribution is -1.90. The van der Waals surface area contributed by atoms with Crippen LogP contribution >= 0.6 is 0 Å². The minimum absolute atomic E-state index is 0.309. The molecule has 0 fully saturated rings. The van der Waals surface area contributed by atoms with Crippen molar-refractivity contribution in [3.05, 3.63) is 29.8 Å². The lowest BCUT2D eigenvalue weighted by atomic mass is 10.2. The number of anilines is 1. The Bertz CT molecular complexity index is 230. The van der Waals surface area contributed by atoms with Gasteiger partial charge in [0.15, 0.2) is 0 Å².